The van der Waals surface area contributed by atoms with Crippen molar-refractivity contribution in [3.8, 4) is 0 Å². The number of ether oxygens (including phenoxy) is 1. The van der Waals surface area contributed by atoms with E-state index in [4.69, 9.17) is 4.74 Å². The molecule has 0 aromatic heterocycles. The fourth-order valence-corrected chi connectivity index (χ4v) is 3.60. The van der Waals surface area contributed by atoms with Gasteiger partial charge in [-0.1, -0.05) is 24.3 Å². The van der Waals surface area contributed by atoms with E-state index in [-0.39, 0.29) is 16.6 Å². The number of carbonyl (C=O) groups excluding carboxylic acids is 1. The van der Waals surface area contributed by atoms with Crippen molar-refractivity contribution < 1.29 is 17.9 Å². The van der Waals surface area contributed by atoms with Crippen molar-refractivity contribution in [2.75, 3.05) is 12.4 Å². The van der Waals surface area contributed by atoms with Crippen molar-refractivity contribution >= 4 is 21.4 Å². The molecule has 1 N–H and O–H groups in total. The predicted octanol–water partition coefficient (Wildman–Crippen LogP) is 3.83. The molecular weight excluding hydrogens is 338 g/mol. The van der Waals surface area contributed by atoms with Crippen LogP contribution in [0.1, 0.15) is 42.8 Å². The maximum atomic E-state index is 12.6. The van der Waals surface area contributed by atoms with Gasteiger partial charge in [0.15, 0.2) is 9.84 Å². The van der Waals surface area contributed by atoms with E-state index >= 15 is 0 Å². The number of nitrogens with one attached hydrogen (secondary N) is 1. The monoisotopic (exact) mass is 361 g/mol. The molecule has 0 bridgehead atoms. The van der Waals surface area contributed by atoms with Crippen LogP contribution in [0.4, 0.5) is 5.69 Å². The van der Waals surface area contributed by atoms with E-state index in [0.717, 1.165) is 5.56 Å². The first-order valence-electron chi connectivity index (χ1n) is 8.04. The second kappa shape index (κ2) is 7.80. The molecule has 6 heteroatoms. The van der Waals surface area contributed by atoms with E-state index < -0.39 is 21.0 Å². The van der Waals surface area contributed by atoms with Gasteiger partial charge in [-0.25, -0.2) is 8.42 Å². The van der Waals surface area contributed by atoms with Gasteiger partial charge < -0.3 is 10.1 Å². The summed E-state index contributed by atoms with van der Waals surface area (Å²) in [7, 11) is -1.94. The van der Waals surface area contributed by atoms with Gasteiger partial charge in [-0.05, 0) is 50.6 Å². The fraction of sp³-hybridized carbons (Fsp3) is 0.316. The maximum absolute atomic E-state index is 12.6. The van der Waals surface area contributed by atoms with E-state index in [2.05, 4.69) is 5.32 Å². The molecule has 2 aromatic rings. The summed E-state index contributed by atoms with van der Waals surface area (Å²) in [6.45, 7) is 5.10. The zero-order valence-corrected chi connectivity index (χ0v) is 15.6. The van der Waals surface area contributed by atoms with Crippen LogP contribution in [-0.4, -0.2) is 26.7 Å². The molecule has 25 heavy (non-hydrogen) atoms. The summed E-state index contributed by atoms with van der Waals surface area (Å²) in [4.78, 5) is 12.7. The normalized spacial score (nSPS) is 12.8. The van der Waals surface area contributed by atoms with Crippen LogP contribution in [0, 0.1) is 0 Å². The molecular formula is C19H23NO4S. The molecule has 1 atom stereocenters. The number of hydrogen-bond donors (Lipinski definition) is 1. The Morgan fingerprint density at radius 1 is 1.04 bits per heavy atom. The number of benzene rings is 2. The number of methoxy groups -OCH3 is 1. The minimum absolute atomic E-state index is 0.0453. The van der Waals surface area contributed by atoms with Crippen LogP contribution in [0.2, 0.25) is 0 Å². The van der Waals surface area contributed by atoms with Crippen LogP contribution in [-0.2, 0) is 14.6 Å². The molecule has 2 rings (SSSR count). The molecule has 134 valence electrons. The van der Waals surface area contributed by atoms with Gasteiger partial charge in [0.2, 0.25) is 0 Å². The Balaban J connectivity index is 2.35. The Kier molecular flexibility index (Phi) is 5.98. The van der Waals surface area contributed by atoms with E-state index in [1.807, 2.05) is 25.1 Å². The summed E-state index contributed by atoms with van der Waals surface area (Å²) in [5.74, 6) is -0.456. The van der Waals surface area contributed by atoms with Crippen molar-refractivity contribution in [2.24, 2.45) is 0 Å². The number of rotatable bonds is 6. The quantitative estimate of drug-likeness (QED) is 0.849. The minimum atomic E-state index is -3.55. The molecule has 0 radical (unpaired) electrons. The molecule has 2 aromatic carbocycles. The highest BCUT2D eigenvalue weighted by molar-refractivity contribution is 7.92. The molecule has 0 saturated heterocycles. The topological polar surface area (TPSA) is 72.5 Å². The predicted molar refractivity (Wildman–Crippen MR) is 98.6 cm³/mol. The molecule has 1 amide bonds. The van der Waals surface area contributed by atoms with Crippen molar-refractivity contribution in [3.63, 3.8) is 0 Å². The van der Waals surface area contributed by atoms with E-state index in [1.165, 1.54) is 12.1 Å². The van der Waals surface area contributed by atoms with Gasteiger partial charge in [0.05, 0.1) is 21.8 Å². The maximum Gasteiger partial charge on any atom is 0.256 e. The van der Waals surface area contributed by atoms with E-state index in [9.17, 15) is 13.2 Å². The van der Waals surface area contributed by atoms with Crippen molar-refractivity contribution in [1.29, 1.82) is 0 Å². The van der Waals surface area contributed by atoms with Crippen LogP contribution in [0.25, 0.3) is 0 Å². The number of sulfone groups is 1. The van der Waals surface area contributed by atoms with Gasteiger partial charge >= 0.3 is 0 Å². The summed E-state index contributed by atoms with van der Waals surface area (Å²) in [6.07, 6.45) is -0.106. The number of carbonyl (C=O) groups is 1. The summed E-state index contributed by atoms with van der Waals surface area (Å²) in [5.41, 5.74) is 1.65. The van der Waals surface area contributed by atoms with Gasteiger partial charge in [-0.3, -0.25) is 4.79 Å². The van der Waals surface area contributed by atoms with Gasteiger partial charge in [0, 0.05) is 12.8 Å². The third-order valence-corrected chi connectivity index (χ3v) is 6.24. The first-order valence-corrected chi connectivity index (χ1v) is 9.59. The minimum Gasteiger partial charge on any atom is -0.377 e. The molecule has 0 aliphatic rings. The molecule has 0 saturated carbocycles. The van der Waals surface area contributed by atoms with E-state index in [0.29, 0.717) is 5.69 Å². The van der Waals surface area contributed by atoms with Crippen LogP contribution < -0.4 is 5.32 Å². The Morgan fingerprint density at radius 2 is 1.72 bits per heavy atom. The molecule has 0 unspecified atom stereocenters. The largest absolute Gasteiger partial charge is 0.377 e. The summed E-state index contributed by atoms with van der Waals surface area (Å²) in [6, 6.07) is 13.5. The molecule has 0 spiro atoms. The number of hydrogen-bond acceptors (Lipinski definition) is 4. The number of amides is 1. The zero-order chi connectivity index (χ0) is 18.6. The Hall–Kier alpha value is -2.18. The third kappa shape index (κ3) is 4.27. The van der Waals surface area contributed by atoms with E-state index in [1.54, 1.807) is 39.2 Å². The molecule has 5 nitrogen and oxygen atoms in total. The second-order valence-corrected chi connectivity index (χ2v) is 8.52. The molecule has 0 heterocycles. The summed E-state index contributed by atoms with van der Waals surface area (Å²) >= 11 is 0. The lowest BCUT2D eigenvalue weighted by Gasteiger charge is -2.14. The first-order chi connectivity index (χ1) is 11.8. The van der Waals surface area contributed by atoms with Gasteiger partial charge in [-0.15, -0.1) is 0 Å². The summed E-state index contributed by atoms with van der Waals surface area (Å²) in [5, 5.41) is 2.17. The van der Waals surface area contributed by atoms with Crippen molar-refractivity contribution in [1.82, 2.24) is 0 Å². The number of anilines is 1. The zero-order valence-electron chi connectivity index (χ0n) is 14.8. The Bertz CT molecular complexity index is 859. The highest BCUT2D eigenvalue weighted by Crippen LogP contribution is 2.23. The molecule has 0 aliphatic heterocycles. The Morgan fingerprint density at radius 3 is 2.36 bits per heavy atom. The summed E-state index contributed by atoms with van der Waals surface area (Å²) < 4.78 is 30.3. The van der Waals surface area contributed by atoms with Crippen LogP contribution >= 0.6 is 0 Å². The average Bonchev–Trinajstić information content (AvgIpc) is 2.61. The standard InChI is InChI=1S/C19H23NO4S/c1-13(2)25(22,23)18-11-6-5-10-17(18)19(21)20-16-9-7-8-15(12-16)14(3)24-4/h5-14H,1-4H3,(H,20,21)/t14-/m0/s1. The van der Waals surface area contributed by atoms with Crippen LogP contribution in [0.5, 0.6) is 0 Å². The molecule has 0 aliphatic carbocycles. The highest BCUT2D eigenvalue weighted by Gasteiger charge is 2.25. The van der Waals surface area contributed by atoms with Crippen molar-refractivity contribution in [3.05, 3.63) is 59.7 Å². The van der Waals surface area contributed by atoms with Crippen LogP contribution in [0.3, 0.4) is 0 Å². The highest BCUT2D eigenvalue weighted by atomic mass is 32.2. The lowest BCUT2D eigenvalue weighted by atomic mass is 10.1. The fourth-order valence-electron chi connectivity index (χ4n) is 2.36. The van der Waals surface area contributed by atoms with Gasteiger partial charge in [-0.2, -0.15) is 0 Å². The van der Waals surface area contributed by atoms with Gasteiger partial charge in [0.25, 0.3) is 5.91 Å². The van der Waals surface area contributed by atoms with Crippen molar-refractivity contribution in [2.45, 2.75) is 37.0 Å². The third-order valence-electron chi connectivity index (χ3n) is 4.03. The van der Waals surface area contributed by atoms with Crippen LogP contribution in [0.15, 0.2) is 53.4 Å². The molecule has 0 fully saturated rings. The lowest BCUT2D eigenvalue weighted by molar-refractivity contribution is 0.102. The lowest BCUT2D eigenvalue weighted by Crippen LogP contribution is -2.20. The van der Waals surface area contributed by atoms with Gasteiger partial charge in [0.1, 0.15) is 0 Å². The average molecular weight is 361 g/mol. The first kappa shape index (κ1) is 19.1. The SMILES string of the molecule is CO[C@@H](C)c1cccc(NC(=O)c2ccccc2S(=O)(=O)C(C)C)c1. The smallest absolute Gasteiger partial charge is 0.256 e. The Labute approximate surface area is 148 Å². The second-order valence-electron chi connectivity index (χ2n) is 6.05.